The van der Waals surface area contributed by atoms with Crippen molar-refractivity contribution in [1.82, 2.24) is 10.2 Å². The minimum Gasteiger partial charge on any atom is -0.155 e. The maximum absolute atomic E-state index is 4.68. The maximum Gasteiger partial charge on any atom is 0.0929 e. The van der Waals surface area contributed by atoms with Gasteiger partial charge in [-0.1, -0.05) is 89.5 Å². The summed E-state index contributed by atoms with van der Waals surface area (Å²) in [4.78, 5) is 0. The van der Waals surface area contributed by atoms with Gasteiger partial charge in [0.05, 0.1) is 11.4 Å². The smallest absolute Gasteiger partial charge is 0.0929 e. The highest BCUT2D eigenvalue weighted by atomic mass is 15.1. The number of hydrogen-bond acceptors (Lipinski definition) is 2. The zero-order valence-corrected chi connectivity index (χ0v) is 22.0. The molecule has 0 saturated heterocycles. The highest BCUT2D eigenvalue weighted by Crippen LogP contribution is 2.39. The Bertz CT molecular complexity index is 738. The second kappa shape index (κ2) is 13.4. The molecule has 0 aliphatic heterocycles. The van der Waals surface area contributed by atoms with Crippen LogP contribution in [0, 0.1) is 11.8 Å². The van der Waals surface area contributed by atoms with E-state index in [1.807, 2.05) is 0 Å². The van der Waals surface area contributed by atoms with Crippen LogP contribution >= 0.6 is 0 Å². The van der Waals surface area contributed by atoms with E-state index in [0.717, 1.165) is 23.4 Å². The second-order valence-electron chi connectivity index (χ2n) is 11.4. The minimum absolute atomic E-state index is 0.614. The third-order valence-corrected chi connectivity index (χ3v) is 8.91. The van der Waals surface area contributed by atoms with Crippen LogP contribution in [-0.2, 0) is 0 Å². The van der Waals surface area contributed by atoms with Crippen molar-refractivity contribution in [3.8, 4) is 11.3 Å². The van der Waals surface area contributed by atoms with Gasteiger partial charge in [-0.25, -0.2) is 0 Å². The zero-order chi connectivity index (χ0) is 23.6. The summed E-state index contributed by atoms with van der Waals surface area (Å²) in [5.41, 5.74) is 4.96. The molecule has 2 fully saturated rings. The Kier molecular flexibility index (Phi) is 10.0. The standard InChI is InChI=1S/C32H48N2/c1-3-5-7-9-25-11-15-27(16-12-25)28-19-21-30(22-20-28)32-24-23-31(33-34-32)29-17-13-26(14-18-29)10-8-6-4-2/h19-27,29H,3-18H2,1-2H3. The molecule has 0 bridgehead atoms. The van der Waals surface area contributed by atoms with Crippen molar-refractivity contribution in [3.05, 3.63) is 47.7 Å². The third kappa shape index (κ3) is 7.15. The molecule has 186 valence electrons. The second-order valence-corrected chi connectivity index (χ2v) is 11.4. The van der Waals surface area contributed by atoms with E-state index in [1.54, 1.807) is 0 Å². The van der Waals surface area contributed by atoms with Crippen LogP contribution in [0.25, 0.3) is 11.3 Å². The molecule has 1 heterocycles. The minimum atomic E-state index is 0.614. The average molecular weight is 461 g/mol. The summed E-state index contributed by atoms with van der Waals surface area (Å²) < 4.78 is 0. The summed E-state index contributed by atoms with van der Waals surface area (Å²) in [5.74, 6) is 3.29. The highest BCUT2D eigenvalue weighted by molar-refractivity contribution is 5.59. The molecule has 2 heteroatoms. The quantitative estimate of drug-likeness (QED) is 0.312. The van der Waals surface area contributed by atoms with Crippen LogP contribution in [0.2, 0.25) is 0 Å². The Hall–Kier alpha value is -1.70. The molecule has 0 radical (unpaired) electrons. The molecule has 4 rings (SSSR count). The summed E-state index contributed by atoms with van der Waals surface area (Å²) in [6.45, 7) is 4.61. The van der Waals surface area contributed by atoms with E-state index in [-0.39, 0.29) is 0 Å². The van der Waals surface area contributed by atoms with Crippen molar-refractivity contribution in [1.29, 1.82) is 0 Å². The number of benzene rings is 1. The number of aromatic nitrogens is 2. The van der Waals surface area contributed by atoms with Crippen molar-refractivity contribution in [2.24, 2.45) is 11.8 Å². The van der Waals surface area contributed by atoms with Gasteiger partial charge in [0.25, 0.3) is 0 Å². The van der Waals surface area contributed by atoms with Gasteiger partial charge in [0.15, 0.2) is 0 Å². The van der Waals surface area contributed by atoms with Crippen molar-refractivity contribution < 1.29 is 0 Å². The predicted octanol–water partition coefficient (Wildman–Crippen LogP) is 9.85. The first-order valence-electron chi connectivity index (χ1n) is 14.7. The van der Waals surface area contributed by atoms with Gasteiger partial charge in [-0.2, -0.15) is 10.2 Å². The molecule has 2 aliphatic rings. The Labute approximate surface area is 209 Å². The van der Waals surface area contributed by atoms with E-state index >= 15 is 0 Å². The van der Waals surface area contributed by atoms with Crippen molar-refractivity contribution >= 4 is 0 Å². The molecule has 0 amide bonds. The molecule has 2 aliphatic carbocycles. The van der Waals surface area contributed by atoms with Crippen LogP contribution in [-0.4, -0.2) is 10.2 Å². The summed E-state index contributed by atoms with van der Waals surface area (Å²) in [5, 5.41) is 9.32. The molecule has 2 saturated carbocycles. The molecule has 0 atom stereocenters. The fourth-order valence-electron chi connectivity index (χ4n) is 6.54. The maximum atomic E-state index is 4.68. The summed E-state index contributed by atoms with van der Waals surface area (Å²) in [7, 11) is 0. The molecule has 34 heavy (non-hydrogen) atoms. The van der Waals surface area contributed by atoms with Gasteiger partial charge in [0.2, 0.25) is 0 Å². The lowest BCUT2D eigenvalue weighted by molar-refractivity contribution is 0.299. The summed E-state index contributed by atoms with van der Waals surface area (Å²) in [6.07, 6.45) is 22.1. The van der Waals surface area contributed by atoms with E-state index in [4.69, 9.17) is 0 Å². The van der Waals surface area contributed by atoms with Crippen LogP contribution in [0.5, 0.6) is 0 Å². The van der Waals surface area contributed by atoms with Crippen molar-refractivity contribution in [3.63, 3.8) is 0 Å². The van der Waals surface area contributed by atoms with E-state index in [9.17, 15) is 0 Å². The monoisotopic (exact) mass is 460 g/mol. The topological polar surface area (TPSA) is 25.8 Å². The zero-order valence-electron chi connectivity index (χ0n) is 22.0. The van der Waals surface area contributed by atoms with Crippen molar-refractivity contribution in [2.75, 3.05) is 0 Å². The van der Waals surface area contributed by atoms with Gasteiger partial charge in [-0.05, 0) is 86.8 Å². The van der Waals surface area contributed by atoms with Gasteiger partial charge in [0, 0.05) is 11.5 Å². The molecular weight excluding hydrogens is 412 g/mol. The molecule has 1 aromatic carbocycles. The molecule has 1 aromatic heterocycles. The van der Waals surface area contributed by atoms with Gasteiger partial charge in [0.1, 0.15) is 0 Å². The van der Waals surface area contributed by atoms with Gasteiger partial charge in [-0.3, -0.25) is 0 Å². The first-order chi connectivity index (χ1) is 16.8. The van der Waals surface area contributed by atoms with E-state index < -0.39 is 0 Å². The van der Waals surface area contributed by atoms with E-state index in [0.29, 0.717) is 5.92 Å². The third-order valence-electron chi connectivity index (χ3n) is 8.91. The molecule has 2 nitrogen and oxygen atoms in total. The van der Waals surface area contributed by atoms with Gasteiger partial charge in [-0.15, -0.1) is 0 Å². The average Bonchev–Trinajstić information content (AvgIpc) is 2.90. The number of unbranched alkanes of at least 4 members (excludes halogenated alkanes) is 4. The van der Waals surface area contributed by atoms with E-state index in [1.165, 1.54) is 120 Å². The Morgan fingerprint density at radius 3 is 1.65 bits per heavy atom. The lowest BCUT2D eigenvalue weighted by Crippen LogP contribution is -2.14. The van der Waals surface area contributed by atoms with Crippen LogP contribution in [0.3, 0.4) is 0 Å². The lowest BCUT2D eigenvalue weighted by Gasteiger charge is -2.29. The molecular formula is C32H48N2. The van der Waals surface area contributed by atoms with Gasteiger partial charge >= 0.3 is 0 Å². The van der Waals surface area contributed by atoms with Crippen LogP contribution in [0.15, 0.2) is 36.4 Å². The molecule has 0 unspecified atom stereocenters. The summed E-state index contributed by atoms with van der Waals surface area (Å²) in [6, 6.07) is 13.7. The van der Waals surface area contributed by atoms with Crippen LogP contribution in [0.4, 0.5) is 0 Å². The van der Waals surface area contributed by atoms with Gasteiger partial charge < -0.3 is 0 Å². The SMILES string of the molecule is CCCCCC1CCC(c2ccc(-c3ccc(C4CCC(CCCCC)CC4)nn3)cc2)CC1. The van der Waals surface area contributed by atoms with E-state index in [2.05, 4.69) is 60.4 Å². The predicted molar refractivity (Wildman–Crippen MR) is 145 cm³/mol. The molecule has 2 aromatic rings. The summed E-state index contributed by atoms with van der Waals surface area (Å²) >= 11 is 0. The lowest BCUT2D eigenvalue weighted by atomic mass is 9.77. The fraction of sp³-hybridized carbons (Fsp3) is 0.688. The van der Waals surface area contributed by atoms with Crippen molar-refractivity contribution in [2.45, 2.75) is 128 Å². The van der Waals surface area contributed by atoms with Crippen LogP contribution in [0.1, 0.15) is 140 Å². The number of nitrogens with zero attached hydrogens (tertiary/aromatic N) is 2. The molecule has 0 N–H and O–H groups in total. The normalized spacial score (nSPS) is 25.4. The largest absolute Gasteiger partial charge is 0.155 e. The highest BCUT2D eigenvalue weighted by Gasteiger charge is 2.24. The first kappa shape index (κ1) is 25.4. The Balaban J connectivity index is 1.25. The molecule has 0 spiro atoms. The van der Waals surface area contributed by atoms with Crippen LogP contribution < -0.4 is 0 Å². The Morgan fingerprint density at radius 2 is 1.15 bits per heavy atom. The Morgan fingerprint density at radius 1 is 0.588 bits per heavy atom. The fourth-order valence-corrected chi connectivity index (χ4v) is 6.54. The first-order valence-corrected chi connectivity index (χ1v) is 14.7. The number of hydrogen-bond donors (Lipinski definition) is 0. The number of rotatable bonds is 11.